The van der Waals surface area contributed by atoms with E-state index in [9.17, 15) is 22.9 Å². The lowest BCUT2D eigenvalue weighted by molar-refractivity contribution is -0.117. The summed E-state index contributed by atoms with van der Waals surface area (Å²) in [4.78, 5) is 15.1. The summed E-state index contributed by atoms with van der Waals surface area (Å²) in [5, 5.41) is 12.6. The van der Waals surface area contributed by atoms with Crippen LogP contribution in [0.25, 0.3) is 0 Å². The Balaban J connectivity index is 1.58. The highest BCUT2D eigenvalue weighted by molar-refractivity contribution is 7.89. The molecule has 2 aromatic rings. The molecular formula is C19H21FN4O3S2. The van der Waals surface area contributed by atoms with Crippen LogP contribution < -0.4 is 5.32 Å². The van der Waals surface area contributed by atoms with E-state index in [1.807, 2.05) is 18.7 Å². The third kappa shape index (κ3) is 4.64. The average molecular weight is 437 g/mol. The zero-order valence-electron chi connectivity index (χ0n) is 16.1. The van der Waals surface area contributed by atoms with Gasteiger partial charge in [0.1, 0.15) is 16.9 Å². The number of piperazine rings is 1. The third-order valence-electron chi connectivity index (χ3n) is 4.88. The first-order valence-electron chi connectivity index (χ1n) is 9.00. The van der Waals surface area contributed by atoms with Gasteiger partial charge in [0, 0.05) is 31.1 Å². The van der Waals surface area contributed by atoms with Crippen LogP contribution in [0.3, 0.4) is 0 Å². The zero-order valence-corrected chi connectivity index (χ0v) is 17.7. The number of carbonyl (C=O) groups is 1. The summed E-state index contributed by atoms with van der Waals surface area (Å²) >= 11 is 1.37. The molecule has 0 bridgehead atoms. The molecule has 1 aliphatic rings. The van der Waals surface area contributed by atoms with E-state index in [1.54, 1.807) is 0 Å². The van der Waals surface area contributed by atoms with Crippen molar-refractivity contribution in [1.82, 2.24) is 9.21 Å². The van der Waals surface area contributed by atoms with Crippen molar-refractivity contribution in [2.45, 2.75) is 18.7 Å². The van der Waals surface area contributed by atoms with Crippen LogP contribution in [0.4, 0.5) is 9.39 Å². The first-order valence-corrected chi connectivity index (χ1v) is 11.3. The highest BCUT2D eigenvalue weighted by atomic mass is 32.2. The van der Waals surface area contributed by atoms with Crippen LogP contribution in [0.2, 0.25) is 0 Å². The molecule has 0 aliphatic carbocycles. The number of carbonyl (C=O) groups excluding carboxylic acids is 1. The number of hydrogen-bond acceptors (Lipinski definition) is 6. The van der Waals surface area contributed by atoms with Crippen molar-refractivity contribution in [3.8, 4) is 6.07 Å². The van der Waals surface area contributed by atoms with Gasteiger partial charge in [-0.3, -0.25) is 9.69 Å². The number of aryl methyl sites for hydroxylation is 1. The molecule has 2 heterocycles. The van der Waals surface area contributed by atoms with E-state index in [0.717, 1.165) is 16.5 Å². The molecular weight excluding hydrogens is 415 g/mol. The van der Waals surface area contributed by atoms with Crippen molar-refractivity contribution in [3.63, 3.8) is 0 Å². The van der Waals surface area contributed by atoms with Crippen LogP contribution in [0.1, 0.15) is 16.0 Å². The Bertz CT molecular complexity index is 1070. The number of nitrogens with one attached hydrogen (secondary N) is 1. The van der Waals surface area contributed by atoms with E-state index in [1.165, 1.54) is 33.8 Å². The van der Waals surface area contributed by atoms with Crippen LogP contribution in [0, 0.1) is 31.0 Å². The molecule has 0 unspecified atom stereocenters. The number of nitriles is 1. The molecule has 154 valence electrons. The molecule has 29 heavy (non-hydrogen) atoms. The van der Waals surface area contributed by atoms with Gasteiger partial charge in [0.15, 0.2) is 0 Å². The van der Waals surface area contributed by atoms with Crippen molar-refractivity contribution in [2.75, 3.05) is 38.0 Å². The van der Waals surface area contributed by atoms with Gasteiger partial charge in [-0.1, -0.05) is 6.07 Å². The Morgan fingerprint density at radius 2 is 1.97 bits per heavy atom. The quantitative estimate of drug-likeness (QED) is 0.776. The molecule has 10 heteroatoms. The second-order valence-corrected chi connectivity index (χ2v) is 9.95. The normalized spacial score (nSPS) is 15.8. The molecule has 1 aromatic heterocycles. The highest BCUT2D eigenvalue weighted by Gasteiger charge is 2.29. The molecule has 0 saturated carbocycles. The van der Waals surface area contributed by atoms with Gasteiger partial charge in [-0.25, -0.2) is 12.8 Å². The number of sulfonamides is 1. The van der Waals surface area contributed by atoms with Gasteiger partial charge < -0.3 is 5.32 Å². The molecule has 0 spiro atoms. The minimum atomic E-state index is -3.76. The summed E-state index contributed by atoms with van der Waals surface area (Å²) in [6.45, 7) is 5.05. The lowest BCUT2D eigenvalue weighted by Gasteiger charge is -2.33. The Labute approximate surface area is 173 Å². The van der Waals surface area contributed by atoms with Crippen LogP contribution in [0.5, 0.6) is 0 Å². The molecule has 7 nitrogen and oxygen atoms in total. The fourth-order valence-electron chi connectivity index (χ4n) is 3.12. The topological polar surface area (TPSA) is 93.5 Å². The number of thiophene rings is 1. The molecule has 1 amide bonds. The number of anilines is 1. The van der Waals surface area contributed by atoms with E-state index < -0.39 is 15.8 Å². The fraction of sp³-hybridized carbons (Fsp3) is 0.368. The van der Waals surface area contributed by atoms with Crippen molar-refractivity contribution in [2.24, 2.45) is 0 Å². The standard InChI is InChI=1S/C19H21FN4O3S2/c1-13-14(2)28-19(17(13)11-21)22-18(25)12-23-6-8-24(9-7-23)29(26,27)16-5-3-4-15(20)10-16/h3-5,10H,6-9,12H2,1-2H3,(H,22,25). The van der Waals surface area contributed by atoms with E-state index >= 15 is 0 Å². The Kier molecular flexibility index (Phi) is 6.33. The Morgan fingerprint density at radius 3 is 2.59 bits per heavy atom. The summed E-state index contributed by atoms with van der Waals surface area (Å²) < 4.78 is 40.0. The maximum absolute atomic E-state index is 13.4. The SMILES string of the molecule is Cc1sc(NC(=O)CN2CCN(S(=O)(=O)c3cccc(F)c3)CC2)c(C#N)c1C. The number of halogens is 1. The van der Waals surface area contributed by atoms with Gasteiger partial charge in [0.25, 0.3) is 0 Å². The summed E-state index contributed by atoms with van der Waals surface area (Å²) in [5.41, 5.74) is 1.34. The van der Waals surface area contributed by atoms with Crippen LogP contribution in [-0.4, -0.2) is 56.3 Å². The molecule has 1 aliphatic heterocycles. The smallest absolute Gasteiger partial charge is 0.243 e. The molecule has 0 atom stereocenters. The lowest BCUT2D eigenvalue weighted by atomic mass is 10.2. The van der Waals surface area contributed by atoms with Crippen LogP contribution in [0.15, 0.2) is 29.2 Å². The van der Waals surface area contributed by atoms with E-state index in [4.69, 9.17) is 0 Å². The molecule has 1 N–H and O–H groups in total. The molecule has 1 saturated heterocycles. The van der Waals surface area contributed by atoms with Crippen LogP contribution >= 0.6 is 11.3 Å². The average Bonchev–Trinajstić information content (AvgIpc) is 2.94. The van der Waals surface area contributed by atoms with Gasteiger partial charge in [0.2, 0.25) is 15.9 Å². The van der Waals surface area contributed by atoms with E-state index in [-0.39, 0.29) is 30.4 Å². The molecule has 1 aromatic carbocycles. The summed E-state index contributed by atoms with van der Waals surface area (Å²) in [5.74, 6) is -0.846. The van der Waals surface area contributed by atoms with Crippen LogP contribution in [-0.2, 0) is 14.8 Å². The van der Waals surface area contributed by atoms with Crippen molar-refractivity contribution in [1.29, 1.82) is 5.26 Å². The first kappa shape index (κ1) is 21.4. The predicted molar refractivity (Wildman–Crippen MR) is 109 cm³/mol. The van der Waals surface area contributed by atoms with Gasteiger partial charge in [-0.05, 0) is 37.6 Å². The maximum Gasteiger partial charge on any atom is 0.243 e. The molecule has 1 fully saturated rings. The van der Waals surface area contributed by atoms with Gasteiger partial charge in [-0.2, -0.15) is 9.57 Å². The van der Waals surface area contributed by atoms with Crippen molar-refractivity contribution < 1.29 is 17.6 Å². The van der Waals surface area contributed by atoms with E-state index in [2.05, 4.69) is 11.4 Å². The third-order valence-corrected chi connectivity index (χ3v) is 7.90. The minimum Gasteiger partial charge on any atom is -0.315 e. The Hall–Kier alpha value is -2.32. The number of hydrogen-bond donors (Lipinski definition) is 1. The Morgan fingerprint density at radius 1 is 1.28 bits per heavy atom. The second kappa shape index (κ2) is 8.59. The van der Waals surface area contributed by atoms with Gasteiger partial charge in [-0.15, -0.1) is 11.3 Å². The number of benzene rings is 1. The molecule has 3 rings (SSSR count). The number of nitrogens with zero attached hydrogens (tertiary/aromatic N) is 3. The number of amides is 1. The summed E-state index contributed by atoms with van der Waals surface area (Å²) in [6.07, 6.45) is 0. The highest BCUT2D eigenvalue weighted by Crippen LogP contribution is 2.31. The number of rotatable bonds is 5. The second-order valence-electron chi connectivity index (χ2n) is 6.78. The lowest BCUT2D eigenvalue weighted by Crippen LogP contribution is -2.50. The summed E-state index contributed by atoms with van der Waals surface area (Å²) in [7, 11) is -3.76. The van der Waals surface area contributed by atoms with Crippen molar-refractivity contribution >= 4 is 32.3 Å². The van der Waals surface area contributed by atoms with Gasteiger partial charge >= 0.3 is 0 Å². The van der Waals surface area contributed by atoms with Crippen molar-refractivity contribution in [3.05, 3.63) is 46.1 Å². The fourth-order valence-corrected chi connectivity index (χ4v) is 5.60. The maximum atomic E-state index is 13.4. The minimum absolute atomic E-state index is 0.0730. The summed E-state index contributed by atoms with van der Waals surface area (Å²) in [6, 6.07) is 7.06. The largest absolute Gasteiger partial charge is 0.315 e. The zero-order chi connectivity index (χ0) is 21.2. The van der Waals surface area contributed by atoms with Gasteiger partial charge in [0.05, 0.1) is 17.0 Å². The predicted octanol–water partition coefficient (Wildman–Crippen LogP) is 2.32. The van der Waals surface area contributed by atoms with E-state index in [0.29, 0.717) is 23.7 Å². The molecule has 0 radical (unpaired) electrons. The first-order chi connectivity index (χ1) is 13.7. The monoisotopic (exact) mass is 436 g/mol.